The fourth-order valence-electron chi connectivity index (χ4n) is 2.18. The lowest BCUT2D eigenvalue weighted by molar-refractivity contribution is 0.115. The van der Waals surface area contributed by atoms with Crippen molar-refractivity contribution in [2.24, 2.45) is 11.8 Å². The number of ether oxygens (including phenoxy) is 1. The van der Waals surface area contributed by atoms with Gasteiger partial charge >= 0.3 is 0 Å². The predicted molar refractivity (Wildman–Crippen MR) is 80.0 cm³/mol. The Morgan fingerprint density at radius 1 is 1.26 bits per heavy atom. The zero-order valence-electron chi connectivity index (χ0n) is 12.3. The van der Waals surface area contributed by atoms with Gasteiger partial charge in [0.15, 0.2) is 0 Å². The Hall–Kier alpha value is -0.860. The van der Waals surface area contributed by atoms with Crippen LogP contribution in [0.2, 0.25) is 0 Å². The molecule has 1 aliphatic rings. The molecule has 0 spiro atoms. The highest BCUT2D eigenvalue weighted by atomic mass is 16.5. The third kappa shape index (κ3) is 6.22. The summed E-state index contributed by atoms with van der Waals surface area (Å²) in [5, 5.41) is 3.48. The molecule has 19 heavy (non-hydrogen) atoms. The molecule has 0 atom stereocenters. The molecule has 0 unspecified atom stereocenters. The highest BCUT2D eigenvalue weighted by Crippen LogP contribution is 2.32. The first-order chi connectivity index (χ1) is 9.24. The Balaban J connectivity index is 1.67. The topological polar surface area (TPSA) is 21.3 Å². The summed E-state index contributed by atoms with van der Waals surface area (Å²) in [5.74, 6) is 1.67. The van der Waals surface area contributed by atoms with E-state index in [1.165, 1.54) is 30.4 Å². The maximum Gasteiger partial charge on any atom is 0.0716 e. The first-order valence-corrected chi connectivity index (χ1v) is 7.60. The molecule has 0 saturated heterocycles. The number of hydrogen-bond donors (Lipinski definition) is 1. The number of nitrogens with one attached hydrogen (secondary N) is 1. The van der Waals surface area contributed by atoms with Crippen molar-refractivity contribution in [3.63, 3.8) is 0 Å². The summed E-state index contributed by atoms with van der Waals surface area (Å²) in [6.45, 7) is 8.16. The maximum absolute atomic E-state index is 5.75. The van der Waals surface area contributed by atoms with Gasteiger partial charge in [-0.05, 0) is 35.9 Å². The van der Waals surface area contributed by atoms with Crippen LogP contribution in [-0.4, -0.2) is 13.2 Å². The molecule has 0 bridgehead atoms. The number of hydrogen-bond acceptors (Lipinski definition) is 2. The molecule has 2 nitrogen and oxygen atoms in total. The molecule has 0 aromatic heterocycles. The molecule has 1 fully saturated rings. The van der Waals surface area contributed by atoms with Crippen LogP contribution in [0.25, 0.3) is 0 Å². The average molecular weight is 261 g/mol. The standard InChI is InChI=1S/C17H27NO/c1-14(2)11-18-12-16-4-3-5-17(10-16)13-19-9-8-15-6-7-15/h3-5,10,14-15,18H,6-9,11-13H2,1-2H3. The van der Waals surface area contributed by atoms with Gasteiger partial charge in [-0.1, -0.05) is 51.0 Å². The lowest BCUT2D eigenvalue weighted by Crippen LogP contribution is -2.18. The second-order valence-electron chi connectivity index (χ2n) is 6.13. The fourth-order valence-corrected chi connectivity index (χ4v) is 2.18. The predicted octanol–water partition coefficient (Wildman–Crippen LogP) is 3.75. The van der Waals surface area contributed by atoms with E-state index in [1.54, 1.807) is 0 Å². The molecule has 0 radical (unpaired) electrons. The van der Waals surface area contributed by atoms with Crippen molar-refractivity contribution in [2.45, 2.75) is 46.3 Å². The van der Waals surface area contributed by atoms with Gasteiger partial charge in [0.1, 0.15) is 0 Å². The summed E-state index contributed by atoms with van der Waals surface area (Å²) in [7, 11) is 0. The van der Waals surface area contributed by atoms with Gasteiger partial charge < -0.3 is 10.1 Å². The SMILES string of the molecule is CC(C)CNCc1cccc(COCCC2CC2)c1. The van der Waals surface area contributed by atoms with E-state index < -0.39 is 0 Å². The van der Waals surface area contributed by atoms with E-state index in [0.717, 1.165) is 32.2 Å². The van der Waals surface area contributed by atoms with Gasteiger partial charge in [-0.15, -0.1) is 0 Å². The third-order valence-electron chi connectivity index (χ3n) is 3.51. The first-order valence-electron chi connectivity index (χ1n) is 7.60. The van der Waals surface area contributed by atoms with Gasteiger partial charge in [-0.25, -0.2) is 0 Å². The zero-order chi connectivity index (χ0) is 13.5. The van der Waals surface area contributed by atoms with E-state index in [9.17, 15) is 0 Å². The van der Waals surface area contributed by atoms with E-state index in [0.29, 0.717) is 5.92 Å². The number of rotatable bonds is 9. The fraction of sp³-hybridized carbons (Fsp3) is 0.647. The second-order valence-corrected chi connectivity index (χ2v) is 6.13. The highest BCUT2D eigenvalue weighted by Gasteiger charge is 2.20. The number of benzene rings is 1. The quantitative estimate of drug-likeness (QED) is 0.684. The molecular weight excluding hydrogens is 234 g/mol. The molecular formula is C17H27NO. The molecule has 1 saturated carbocycles. The lowest BCUT2D eigenvalue weighted by atomic mass is 10.1. The monoisotopic (exact) mass is 261 g/mol. The Morgan fingerprint density at radius 3 is 2.79 bits per heavy atom. The normalized spacial score (nSPS) is 15.1. The van der Waals surface area contributed by atoms with Crippen LogP contribution < -0.4 is 5.32 Å². The Kier molecular flexibility index (Phi) is 5.87. The Labute approximate surface area is 117 Å². The van der Waals surface area contributed by atoms with Crippen molar-refractivity contribution in [3.8, 4) is 0 Å². The van der Waals surface area contributed by atoms with E-state index >= 15 is 0 Å². The summed E-state index contributed by atoms with van der Waals surface area (Å²) in [4.78, 5) is 0. The van der Waals surface area contributed by atoms with Gasteiger partial charge in [-0.3, -0.25) is 0 Å². The highest BCUT2D eigenvalue weighted by molar-refractivity contribution is 5.22. The zero-order valence-corrected chi connectivity index (χ0v) is 12.3. The third-order valence-corrected chi connectivity index (χ3v) is 3.51. The summed E-state index contributed by atoms with van der Waals surface area (Å²) in [6.07, 6.45) is 4.08. The summed E-state index contributed by atoms with van der Waals surface area (Å²) in [6, 6.07) is 8.72. The van der Waals surface area contributed by atoms with Gasteiger partial charge in [-0.2, -0.15) is 0 Å². The van der Waals surface area contributed by atoms with Crippen LogP contribution in [0.4, 0.5) is 0 Å². The van der Waals surface area contributed by atoms with Crippen molar-refractivity contribution in [1.82, 2.24) is 5.32 Å². The van der Waals surface area contributed by atoms with Crippen LogP contribution in [0.5, 0.6) is 0 Å². The summed E-state index contributed by atoms with van der Waals surface area (Å²) >= 11 is 0. The molecule has 2 heteroatoms. The van der Waals surface area contributed by atoms with Crippen molar-refractivity contribution < 1.29 is 4.74 Å². The minimum atomic E-state index is 0.703. The molecule has 0 amide bonds. The molecule has 1 N–H and O–H groups in total. The lowest BCUT2D eigenvalue weighted by Gasteiger charge is -2.09. The smallest absolute Gasteiger partial charge is 0.0716 e. The van der Waals surface area contributed by atoms with Crippen LogP contribution in [0.1, 0.15) is 44.2 Å². The molecule has 1 aromatic carbocycles. The van der Waals surface area contributed by atoms with Crippen molar-refractivity contribution in [1.29, 1.82) is 0 Å². The van der Waals surface area contributed by atoms with E-state index in [-0.39, 0.29) is 0 Å². The van der Waals surface area contributed by atoms with Crippen molar-refractivity contribution in [3.05, 3.63) is 35.4 Å². The van der Waals surface area contributed by atoms with Crippen LogP contribution in [0.15, 0.2) is 24.3 Å². The second kappa shape index (κ2) is 7.66. The van der Waals surface area contributed by atoms with Gasteiger partial charge in [0, 0.05) is 13.2 Å². The van der Waals surface area contributed by atoms with Gasteiger partial charge in [0.05, 0.1) is 6.61 Å². The van der Waals surface area contributed by atoms with Crippen LogP contribution in [0.3, 0.4) is 0 Å². The van der Waals surface area contributed by atoms with Gasteiger partial charge in [0.2, 0.25) is 0 Å². The Bertz CT molecular complexity index is 371. The summed E-state index contributed by atoms with van der Waals surface area (Å²) in [5.41, 5.74) is 2.64. The Morgan fingerprint density at radius 2 is 2.05 bits per heavy atom. The molecule has 0 heterocycles. The molecule has 1 aromatic rings. The minimum absolute atomic E-state index is 0.703. The average Bonchev–Trinajstić information content (AvgIpc) is 3.19. The van der Waals surface area contributed by atoms with Crippen LogP contribution >= 0.6 is 0 Å². The minimum Gasteiger partial charge on any atom is -0.377 e. The van der Waals surface area contributed by atoms with Crippen LogP contribution in [0, 0.1) is 11.8 Å². The maximum atomic E-state index is 5.75. The van der Waals surface area contributed by atoms with Crippen LogP contribution in [-0.2, 0) is 17.9 Å². The molecule has 1 aliphatic carbocycles. The first kappa shape index (κ1) is 14.5. The van der Waals surface area contributed by atoms with Crippen molar-refractivity contribution >= 4 is 0 Å². The van der Waals surface area contributed by atoms with E-state index in [1.807, 2.05) is 0 Å². The largest absolute Gasteiger partial charge is 0.377 e. The van der Waals surface area contributed by atoms with E-state index in [4.69, 9.17) is 4.74 Å². The van der Waals surface area contributed by atoms with Crippen molar-refractivity contribution in [2.75, 3.05) is 13.2 Å². The molecule has 0 aliphatic heterocycles. The molecule has 2 rings (SSSR count). The summed E-state index contributed by atoms with van der Waals surface area (Å²) < 4.78 is 5.75. The molecule has 106 valence electrons. The van der Waals surface area contributed by atoms with E-state index in [2.05, 4.69) is 43.4 Å². The van der Waals surface area contributed by atoms with Gasteiger partial charge in [0.25, 0.3) is 0 Å².